The molecule has 0 spiro atoms. The first kappa shape index (κ1) is 14.8. The van der Waals surface area contributed by atoms with E-state index in [2.05, 4.69) is 4.98 Å². The maximum absolute atomic E-state index is 13.7. The zero-order chi connectivity index (χ0) is 15.5. The molecule has 0 saturated carbocycles. The number of carbonyl (C=O) groups excluding carboxylic acids is 1. The van der Waals surface area contributed by atoms with E-state index in [1.54, 1.807) is 31.3 Å². The maximum atomic E-state index is 13.7. The van der Waals surface area contributed by atoms with Crippen LogP contribution in [0.15, 0.2) is 34.9 Å². The fraction of sp³-hybridized carbons (Fsp3) is 0.412. The van der Waals surface area contributed by atoms with E-state index in [4.69, 9.17) is 4.42 Å². The summed E-state index contributed by atoms with van der Waals surface area (Å²) in [7, 11) is 0. The van der Waals surface area contributed by atoms with Crippen LogP contribution in [0.2, 0.25) is 0 Å². The summed E-state index contributed by atoms with van der Waals surface area (Å²) in [6.45, 7) is 2.31. The van der Waals surface area contributed by atoms with Gasteiger partial charge in [-0.15, -0.1) is 0 Å². The summed E-state index contributed by atoms with van der Waals surface area (Å²) in [4.78, 5) is 17.9. The Morgan fingerprint density at radius 2 is 2.23 bits per heavy atom. The Bertz CT molecular complexity index is 668. The first-order valence-corrected chi connectivity index (χ1v) is 7.60. The second-order valence-electron chi connectivity index (χ2n) is 5.66. The average molecular weight is 302 g/mol. The fourth-order valence-electron chi connectivity index (χ4n) is 2.95. The van der Waals surface area contributed by atoms with E-state index in [0.29, 0.717) is 23.6 Å². The molecule has 3 rings (SSSR count). The first-order chi connectivity index (χ1) is 10.6. The summed E-state index contributed by atoms with van der Waals surface area (Å²) in [5, 5.41) is 0. The van der Waals surface area contributed by atoms with Gasteiger partial charge in [-0.1, -0.05) is 18.2 Å². The molecular formula is C17H19FN2O2. The molecule has 0 radical (unpaired) electrons. The maximum Gasteiger partial charge on any atom is 0.220 e. The van der Waals surface area contributed by atoms with E-state index >= 15 is 0 Å². The highest BCUT2D eigenvalue weighted by atomic mass is 19.1. The van der Waals surface area contributed by atoms with Crippen molar-refractivity contribution in [3.8, 4) is 0 Å². The van der Waals surface area contributed by atoms with Crippen LogP contribution >= 0.6 is 0 Å². The third-order valence-electron chi connectivity index (χ3n) is 4.09. The van der Waals surface area contributed by atoms with Gasteiger partial charge in [0, 0.05) is 19.9 Å². The van der Waals surface area contributed by atoms with Gasteiger partial charge in [-0.3, -0.25) is 4.79 Å². The van der Waals surface area contributed by atoms with Crippen molar-refractivity contribution < 1.29 is 13.6 Å². The van der Waals surface area contributed by atoms with E-state index in [0.717, 1.165) is 25.8 Å². The second kappa shape index (κ2) is 6.30. The van der Waals surface area contributed by atoms with Gasteiger partial charge in [0.1, 0.15) is 17.6 Å². The molecule has 0 unspecified atom stereocenters. The number of hydrogen-bond acceptors (Lipinski definition) is 3. The smallest absolute Gasteiger partial charge is 0.220 e. The number of oxazole rings is 1. The standard InChI is InChI=1S/C17H19FN2O2/c1-12(21)20-9-5-4-8-16(20)17-19-11-14(22-17)10-13-6-2-3-7-15(13)18/h2-3,6-7,11,16H,4-5,8-10H2,1H3/t16-/m0/s1. The highest BCUT2D eigenvalue weighted by Gasteiger charge is 2.29. The Balaban J connectivity index is 1.78. The molecule has 22 heavy (non-hydrogen) atoms. The molecule has 1 fully saturated rings. The molecule has 1 aliphatic heterocycles. The zero-order valence-corrected chi connectivity index (χ0v) is 12.6. The number of aromatic nitrogens is 1. The normalized spacial score (nSPS) is 18.5. The molecule has 2 aromatic rings. The third kappa shape index (κ3) is 3.03. The van der Waals surface area contributed by atoms with Gasteiger partial charge in [-0.05, 0) is 30.9 Å². The number of nitrogens with zero attached hydrogens (tertiary/aromatic N) is 2. The monoisotopic (exact) mass is 302 g/mol. The number of rotatable bonds is 3. The lowest BCUT2D eigenvalue weighted by atomic mass is 10.0. The Kier molecular flexibility index (Phi) is 4.22. The molecule has 0 aliphatic carbocycles. The van der Waals surface area contributed by atoms with E-state index in [-0.39, 0.29) is 17.8 Å². The van der Waals surface area contributed by atoms with Crippen LogP contribution in [0.5, 0.6) is 0 Å². The summed E-state index contributed by atoms with van der Waals surface area (Å²) in [6.07, 6.45) is 4.93. The summed E-state index contributed by atoms with van der Waals surface area (Å²) in [5.74, 6) is 0.970. The highest BCUT2D eigenvalue weighted by molar-refractivity contribution is 5.73. The van der Waals surface area contributed by atoms with Crippen LogP contribution < -0.4 is 0 Å². The summed E-state index contributed by atoms with van der Waals surface area (Å²) >= 11 is 0. The van der Waals surface area contributed by atoms with E-state index in [1.165, 1.54) is 6.07 Å². The van der Waals surface area contributed by atoms with Gasteiger partial charge in [0.25, 0.3) is 0 Å². The fourth-order valence-corrected chi connectivity index (χ4v) is 2.95. The minimum Gasteiger partial charge on any atom is -0.443 e. The van der Waals surface area contributed by atoms with E-state index < -0.39 is 0 Å². The summed E-state index contributed by atoms with van der Waals surface area (Å²) < 4.78 is 19.5. The van der Waals surface area contributed by atoms with Gasteiger partial charge in [0.15, 0.2) is 0 Å². The quantitative estimate of drug-likeness (QED) is 0.872. The highest BCUT2D eigenvalue weighted by Crippen LogP contribution is 2.31. The predicted molar refractivity (Wildman–Crippen MR) is 79.7 cm³/mol. The molecule has 1 aromatic carbocycles. The van der Waals surface area contributed by atoms with Crippen LogP contribution in [-0.2, 0) is 11.2 Å². The van der Waals surface area contributed by atoms with Crippen molar-refractivity contribution in [2.75, 3.05) is 6.54 Å². The SMILES string of the molecule is CC(=O)N1CCCC[C@H]1c1ncc(Cc2ccccc2F)o1. The lowest BCUT2D eigenvalue weighted by Crippen LogP contribution is -2.37. The topological polar surface area (TPSA) is 46.3 Å². The molecule has 5 heteroatoms. The number of piperidine rings is 1. The van der Waals surface area contributed by atoms with Gasteiger partial charge in [0.2, 0.25) is 11.8 Å². The van der Waals surface area contributed by atoms with Gasteiger partial charge in [0.05, 0.1) is 6.20 Å². The van der Waals surface area contributed by atoms with Crippen molar-refractivity contribution in [2.24, 2.45) is 0 Å². The number of hydrogen-bond donors (Lipinski definition) is 0. The van der Waals surface area contributed by atoms with Crippen LogP contribution in [-0.4, -0.2) is 22.3 Å². The lowest BCUT2D eigenvalue weighted by Gasteiger charge is -2.32. The van der Waals surface area contributed by atoms with Gasteiger partial charge in [-0.2, -0.15) is 0 Å². The number of benzene rings is 1. The molecule has 1 aromatic heterocycles. The van der Waals surface area contributed by atoms with Crippen LogP contribution in [0.25, 0.3) is 0 Å². The average Bonchev–Trinajstić information content (AvgIpc) is 2.98. The molecule has 1 amide bonds. The lowest BCUT2D eigenvalue weighted by molar-refractivity contribution is -0.133. The van der Waals surface area contributed by atoms with Crippen molar-refractivity contribution in [2.45, 2.75) is 38.6 Å². The van der Waals surface area contributed by atoms with Crippen molar-refractivity contribution in [3.63, 3.8) is 0 Å². The number of likely N-dealkylation sites (tertiary alicyclic amines) is 1. The van der Waals surface area contributed by atoms with Crippen LogP contribution in [0.3, 0.4) is 0 Å². The summed E-state index contributed by atoms with van der Waals surface area (Å²) in [6, 6.07) is 6.54. The second-order valence-corrected chi connectivity index (χ2v) is 5.66. The van der Waals surface area contributed by atoms with Gasteiger partial charge in [-0.25, -0.2) is 9.37 Å². The molecule has 1 saturated heterocycles. The molecule has 4 nitrogen and oxygen atoms in total. The Labute approximate surface area is 129 Å². The number of carbonyl (C=O) groups is 1. The zero-order valence-electron chi connectivity index (χ0n) is 12.6. The van der Waals surface area contributed by atoms with Crippen molar-refractivity contribution in [3.05, 3.63) is 53.5 Å². The minimum atomic E-state index is -0.247. The molecule has 0 bridgehead atoms. The number of amides is 1. The van der Waals surface area contributed by atoms with Crippen molar-refractivity contribution >= 4 is 5.91 Å². The third-order valence-corrected chi connectivity index (χ3v) is 4.09. The van der Waals surface area contributed by atoms with Crippen molar-refractivity contribution in [1.82, 2.24) is 9.88 Å². The Morgan fingerprint density at radius 3 is 3.00 bits per heavy atom. The Hall–Kier alpha value is -2.17. The van der Waals surface area contributed by atoms with Crippen LogP contribution in [0, 0.1) is 5.82 Å². The molecule has 116 valence electrons. The molecular weight excluding hydrogens is 283 g/mol. The van der Waals surface area contributed by atoms with E-state index in [1.807, 2.05) is 4.90 Å². The Morgan fingerprint density at radius 1 is 1.41 bits per heavy atom. The summed E-state index contributed by atoms with van der Waals surface area (Å²) in [5.41, 5.74) is 0.581. The molecule has 1 aliphatic rings. The predicted octanol–water partition coefficient (Wildman–Crippen LogP) is 3.48. The van der Waals surface area contributed by atoms with Gasteiger partial charge >= 0.3 is 0 Å². The van der Waals surface area contributed by atoms with Crippen molar-refractivity contribution in [1.29, 1.82) is 0 Å². The first-order valence-electron chi connectivity index (χ1n) is 7.60. The minimum absolute atomic E-state index is 0.0403. The largest absolute Gasteiger partial charge is 0.443 e. The molecule has 2 heterocycles. The van der Waals surface area contributed by atoms with Gasteiger partial charge < -0.3 is 9.32 Å². The van der Waals surface area contributed by atoms with Crippen LogP contribution in [0.4, 0.5) is 4.39 Å². The molecule has 0 N–H and O–H groups in total. The molecule has 1 atom stereocenters. The van der Waals surface area contributed by atoms with E-state index in [9.17, 15) is 9.18 Å². The van der Waals surface area contributed by atoms with Crippen LogP contribution in [0.1, 0.15) is 49.4 Å². The number of halogens is 1.